The van der Waals surface area contributed by atoms with Gasteiger partial charge in [-0.1, -0.05) is 52.8 Å². The van der Waals surface area contributed by atoms with Gasteiger partial charge < -0.3 is 9.84 Å². The second-order valence-corrected chi connectivity index (χ2v) is 9.30. The van der Waals surface area contributed by atoms with Crippen LogP contribution in [0, 0.1) is 5.82 Å². The van der Waals surface area contributed by atoms with Gasteiger partial charge in [-0.15, -0.1) is 5.10 Å². The van der Waals surface area contributed by atoms with Crippen molar-refractivity contribution in [1.82, 2.24) is 35.4 Å². The van der Waals surface area contributed by atoms with E-state index in [1.54, 1.807) is 24.4 Å². The molecule has 1 N–H and O–H groups in total. The molecule has 4 heterocycles. The van der Waals surface area contributed by atoms with Gasteiger partial charge in [-0.3, -0.25) is 4.90 Å². The minimum atomic E-state index is -2.56. The van der Waals surface area contributed by atoms with Gasteiger partial charge in [0.15, 0.2) is 5.69 Å². The van der Waals surface area contributed by atoms with Crippen molar-refractivity contribution in [3.05, 3.63) is 84.0 Å². The van der Waals surface area contributed by atoms with Crippen molar-refractivity contribution >= 4 is 5.57 Å². The third-order valence-electron chi connectivity index (χ3n) is 6.68. The molecular formula is C27H24F3N7O. The number of nitrogens with one attached hydrogen (secondary N) is 1. The van der Waals surface area contributed by atoms with E-state index in [4.69, 9.17) is 4.52 Å². The fourth-order valence-electron chi connectivity index (χ4n) is 4.60. The number of para-hydroxylation sites is 1. The molecule has 0 aliphatic carbocycles. The largest absolute Gasteiger partial charge is 0.387 e. The van der Waals surface area contributed by atoms with Crippen LogP contribution in [-0.4, -0.2) is 55.6 Å². The standard InChI is InChI=1S/C27H24F3N7O/c28-21-3-1-2-4-22(21)37-24(19-9-13-31-14-10-19)23(33-35-37)26-32-25(34-38-26)20-7-5-18(6-8-20)17-36-15-11-27(29,30)12-16-36/h1-10,13,31H,11-12,14-17H2. The summed E-state index contributed by atoms with van der Waals surface area (Å²) in [7, 11) is 0. The first kappa shape index (κ1) is 24.1. The predicted molar refractivity (Wildman–Crippen MR) is 135 cm³/mol. The van der Waals surface area contributed by atoms with Crippen molar-refractivity contribution in [3.8, 4) is 28.7 Å². The second-order valence-electron chi connectivity index (χ2n) is 9.30. The van der Waals surface area contributed by atoms with E-state index < -0.39 is 11.7 Å². The molecule has 8 nitrogen and oxygen atoms in total. The molecule has 2 aromatic carbocycles. The van der Waals surface area contributed by atoms with Gasteiger partial charge in [-0.2, -0.15) is 4.98 Å². The average Bonchev–Trinajstić information content (AvgIpc) is 3.59. The lowest BCUT2D eigenvalue weighted by molar-refractivity contribution is -0.0566. The molecule has 38 heavy (non-hydrogen) atoms. The molecule has 11 heteroatoms. The summed E-state index contributed by atoms with van der Waals surface area (Å²) in [5.74, 6) is -2.47. The van der Waals surface area contributed by atoms with E-state index in [0.717, 1.165) is 16.7 Å². The highest BCUT2D eigenvalue weighted by Gasteiger charge is 2.33. The van der Waals surface area contributed by atoms with Gasteiger partial charge in [-0.05, 0) is 30.0 Å². The SMILES string of the molecule is Fc1ccccc1-n1nnc(-c2nc(-c3ccc(CN4CCC(F)(F)CC4)cc3)no2)c1C1=CCNC=C1. The van der Waals surface area contributed by atoms with Gasteiger partial charge in [0.25, 0.3) is 11.8 Å². The molecule has 2 aliphatic rings. The van der Waals surface area contributed by atoms with Crippen LogP contribution >= 0.6 is 0 Å². The number of allylic oxidation sites excluding steroid dienone is 2. The van der Waals surface area contributed by atoms with Crippen LogP contribution in [0.15, 0.2) is 71.4 Å². The Labute approximate surface area is 216 Å². The first-order chi connectivity index (χ1) is 18.5. The molecule has 0 atom stereocenters. The molecule has 6 rings (SSSR count). The quantitative estimate of drug-likeness (QED) is 0.390. The summed E-state index contributed by atoms with van der Waals surface area (Å²) < 4.78 is 48.5. The number of rotatable bonds is 6. The summed E-state index contributed by atoms with van der Waals surface area (Å²) in [4.78, 5) is 6.58. The van der Waals surface area contributed by atoms with Crippen LogP contribution in [0.4, 0.5) is 13.2 Å². The van der Waals surface area contributed by atoms with Gasteiger partial charge >= 0.3 is 0 Å². The van der Waals surface area contributed by atoms with E-state index in [1.165, 1.54) is 10.7 Å². The lowest BCUT2D eigenvalue weighted by Gasteiger charge is -2.31. The minimum absolute atomic E-state index is 0.108. The maximum atomic E-state index is 14.6. The number of hydrogen-bond acceptors (Lipinski definition) is 7. The fraction of sp³-hybridized carbons (Fsp3) is 0.259. The van der Waals surface area contributed by atoms with Crippen LogP contribution in [0.1, 0.15) is 24.1 Å². The molecule has 1 fully saturated rings. The van der Waals surface area contributed by atoms with E-state index in [-0.39, 0.29) is 24.4 Å². The Morgan fingerprint density at radius 2 is 1.82 bits per heavy atom. The highest BCUT2D eigenvalue weighted by molar-refractivity contribution is 5.81. The van der Waals surface area contributed by atoms with Crippen molar-refractivity contribution in [2.45, 2.75) is 25.3 Å². The molecule has 2 aliphatic heterocycles. The van der Waals surface area contributed by atoms with Gasteiger partial charge in [0.1, 0.15) is 17.2 Å². The van der Waals surface area contributed by atoms with E-state index in [0.29, 0.717) is 43.4 Å². The molecule has 4 aromatic rings. The zero-order valence-electron chi connectivity index (χ0n) is 20.3. The van der Waals surface area contributed by atoms with Crippen molar-refractivity contribution in [3.63, 3.8) is 0 Å². The summed E-state index contributed by atoms with van der Waals surface area (Å²) in [5.41, 5.74) is 3.66. The van der Waals surface area contributed by atoms with E-state index in [2.05, 4.69) is 25.8 Å². The normalized spacial score (nSPS) is 17.3. The smallest absolute Gasteiger partial charge is 0.281 e. The zero-order chi connectivity index (χ0) is 26.1. The first-order valence-electron chi connectivity index (χ1n) is 12.3. The third kappa shape index (κ3) is 4.84. The number of hydrogen-bond donors (Lipinski definition) is 1. The summed E-state index contributed by atoms with van der Waals surface area (Å²) >= 11 is 0. The zero-order valence-corrected chi connectivity index (χ0v) is 20.3. The number of nitrogens with zero attached hydrogens (tertiary/aromatic N) is 6. The van der Waals surface area contributed by atoms with Crippen LogP contribution in [0.2, 0.25) is 0 Å². The number of piperidine rings is 1. The van der Waals surface area contributed by atoms with Crippen molar-refractivity contribution in [2.75, 3.05) is 19.6 Å². The van der Waals surface area contributed by atoms with Crippen molar-refractivity contribution < 1.29 is 17.7 Å². The van der Waals surface area contributed by atoms with Gasteiger partial charge in [0.05, 0.1) is 0 Å². The molecule has 0 amide bonds. The summed E-state index contributed by atoms with van der Waals surface area (Å²) in [5, 5.41) is 15.7. The minimum Gasteiger partial charge on any atom is -0.387 e. The predicted octanol–water partition coefficient (Wildman–Crippen LogP) is 4.85. The summed E-state index contributed by atoms with van der Waals surface area (Å²) in [6, 6.07) is 13.9. The monoisotopic (exact) mass is 519 g/mol. The van der Waals surface area contributed by atoms with Crippen LogP contribution in [-0.2, 0) is 6.54 Å². The number of alkyl halides is 2. The summed E-state index contributed by atoms with van der Waals surface area (Å²) in [6.07, 6.45) is 5.38. The highest BCUT2D eigenvalue weighted by Crippen LogP contribution is 2.32. The maximum Gasteiger partial charge on any atom is 0.281 e. The van der Waals surface area contributed by atoms with E-state index in [1.807, 2.05) is 41.3 Å². The van der Waals surface area contributed by atoms with Gasteiger partial charge in [0, 0.05) is 50.2 Å². The highest BCUT2D eigenvalue weighted by atomic mass is 19.3. The first-order valence-corrected chi connectivity index (χ1v) is 12.3. The molecular weight excluding hydrogens is 495 g/mol. The fourth-order valence-corrected chi connectivity index (χ4v) is 4.60. The number of benzene rings is 2. The van der Waals surface area contributed by atoms with Crippen LogP contribution in [0.5, 0.6) is 0 Å². The lowest BCUT2D eigenvalue weighted by atomic mass is 10.1. The molecule has 194 valence electrons. The van der Waals surface area contributed by atoms with Gasteiger partial charge in [-0.25, -0.2) is 17.9 Å². The average molecular weight is 520 g/mol. The van der Waals surface area contributed by atoms with Gasteiger partial charge in [0.2, 0.25) is 5.82 Å². The Kier molecular flexibility index (Phi) is 6.28. The van der Waals surface area contributed by atoms with Crippen LogP contribution in [0.3, 0.4) is 0 Å². The lowest BCUT2D eigenvalue weighted by Crippen LogP contribution is -2.38. The molecule has 0 bridgehead atoms. The van der Waals surface area contributed by atoms with Crippen molar-refractivity contribution in [1.29, 1.82) is 0 Å². The van der Waals surface area contributed by atoms with E-state index >= 15 is 0 Å². The third-order valence-corrected chi connectivity index (χ3v) is 6.68. The Morgan fingerprint density at radius 3 is 2.55 bits per heavy atom. The van der Waals surface area contributed by atoms with Crippen LogP contribution < -0.4 is 5.32 Å². The van der Waals surface area contributed by atoms with Crippen LogP contribution in [0.25, 0.3) is 34.2 Å². The molecule has 0 spiro atoms. The number of dihydropyridines is 1. The number of aromatic nitrogens is 5. The maximum absolute atomic E-state index is 14.6. The van der Waals surface area contributed by atoms with Crippen molar-refractivity contribution in [2.24, 2.45) is 0 Å². The Morgan fingerprint density at radius 1 is 1.03 bits per heavy atom. The Balaban J connectivity index is 1.27. The molecule has 0 unspecified atom stereocenters. The molecule has 2 aromatic heterocycles. The summed E-state index contributed by atoms with van der Waals surface area (Å²) in [6.45, 7) is 1.95. The molecule has 0 saturated carbocycles. The Hall–Kier alpha value is -4.25. The Bertz CT molecular complexity index is 1500. The molecule has 1 saturated heterocycles. The number of likely N-dealkylation sites (tertiary alicyclic amines) is 1. The number of halogens is 3. The van der Waals surface area contributed by atoms with E-state index in [9.17, 15) is 13.2 Å². The molecule has 0 radical (unpaired) electrons. The topological polar surface area (TPSA) is 84.9 Å². The second kappa shape index (κ2) is 9.90.